The van der Waals surface area contributed by atoms with Gasteiger partial charge in [0.2, 0.25) is 0 Å². The molecule has 0 radical (unpaired) electrons. The molecule has 23 heavy (non-hydrogen) atoms. The Hall–Kier alpha value is -1.43. The molecule has 3 nitrogen and oxygen atoms in total. The third-order valence-electron chi connectivity index (χ3n) is 3.12. The van der Waals surface area contributed by atoms with Crippen LogP contribution in [0.1, 0.15) is 22.8 Å². The molecule has 0 aliphatic heterocycles. The summed E-state index contributed by atoms with van der Waals surface area (Å²) in [4.78, 5) is 10.7. The van der Waals surface area contributed by atoms with Crippen molar-refractivity contribution in [1.29, 1.82) is 0 Å². The van der Waals surface area contributed by atoms with Crippen LogP contribution in [0.3, 0.4) is 0 Å². The van der Waals surface area contributed by atoms with Crippen LogP contribution in [0.5, 0.6) is 0 Å². The molecule has 2 rings (SSSR count). The van der Waals surface area contributed by atoms with Crippen molar-refractivity contribution in [3.63, 3.8) is 0 Å². The van der Waals surface area contributed by atoms with E-state index in [0.29, 0.717) is 27.6 Å². The van der Waals surface area contributed by atoms with Gasteiger partial charge in [-0.1, -0.05) is 29.8 Å². The van der Waals surface area contributed by atoms with E-state index in [1.54, 1.807) is 36.4 Å². The zero-order valence-corrected chi connectivity index (χ0v) is 14.4. The molecule has 3 N–H and O–H groups in total. The minimum atomic E-state index is -0.890. The van der Waals surface area contributed by atoms with E-state index in [0.717, 1.165) is 0 Å². The lowest BCUT2D eigenvalue weighted by Gasteiger charge is -2.20. The van der Waals surface area contributed by atoms with Crippen molar-refractivity contribution in [2.24, 2.45) is 0 Å². The number of hydrogen-bond acceptors (Lipinski definition) is 3. The summed E-state index contributed by atoms with van der Waals surface area (Å²) in [5.74, 6) is -0.895. The van der Waals surface area contributed by atoms with Crippen molar-refractivity contribution in [2.45, 2.75) is 11.7 Å². The molecule has 1 unspecified atom stereocenters. The zero-order valence-electron chi connectivity index (χ0n) is 12.0. The van der Waals surface area contributed by atoms with Gasteiger partial charge in [0, 0.05) is 22.0 Å². The van der Waals surface area contributed by atoms with E-state index in [-0.39, 0.29) is 24.6 Å². The summed E-state index contributed by atoms with van der Waals surface area (Å²) in [6, 6.07) is 11.4. The normalized spacial score (nSPS) is 11.6. The number of aliphatic carboxylic acids is 1. The first-order valence-corrected chi connectivity index (χ1v) is 8.04. The number of halogens is 3. The topological polar surface area (TPSA) is 63.3 Å². The summed E-state index contributed by atoms with van der Waals surface area (Å²) in [5, 5.41) is 8.89. The fraction of sp³-hybridized carbons (Fsp3) is 0.188. The summed E-state index contributed by atoms with van der Waals surface area (Å²) >= 11 is 7.35. The van der Waals surface area contributed by atoms with Gasteiger partial charge >= 0.3 is 5.97 Å². The monoisotopic (exact) mass is 375 g/mol. The van der Waals surface area contributed by atoms with E-state index in [2.05, 4.69) is 0 Å². The second kappa shape index (κ2) is 9.01. The van der Waals surface area contributed by atoms with Gasteiger partial charge in [-0.3, -0.25) is 4.79 Å². The molecule has 0 aliphatic rings. The Labute approximate surface area is 149 Å². The molecule has 0 heterocycles. The van der Waals surface area contributed by atoms with Crippen molar-refractivity contribution < 1.29 is 14.3 Å². The van der Waals surface area contributed by atoms with Gasteiger partial charge in [0.15, 0.2) is 0 Å². The van der Waals surface area contributed by atoms with Crippen molar-refractivity contribution in [3.05, 3.63) is 64.4 Å². The number of thioether (sulfide) groups is 1. The van der Waals surface area contributed by atoms with Crippen LogP contribution < -0.4 is 5.73 Å². The molecule has 7 heteroatoms. The second-order valence-corrected chi connectivity index (χ2v) is 6.34. The van der Waals surface area contributed by atoms with Crippen LogP contribution in [0.15, 0.2) is 42.5 Å². The van der Waals surface area contributed by atoms with Gasteiger partial charge in [0.1, 0.15) is 5.82 Å². The van der Waals surface area contributed by atoms with Crippen molar-refractivity contribution in [2.75, 3.05) is 11.5 Å². The van der Waals surface area contributed by atoms with Gasteiger partial charge in [-0.05, 0) is 29.8 Å². The van der Waals surface area contributed by atoms with Crippen LogP contribution in [0.4, 0.5) is 10.1 Å². The van der Waals surface area contributed by atoms with E-state index in [4.69, 9.17) is 22.4 Å². The first kappa shape index (κ1) is 19.6. The highest BCUT2D eigenvalue weighted by Crippen LogP contribution is 2.40. The van der Waals surface area contributed by atoms with Crippen molar-refractivity contribution in [1.82, 2.24) is 0 Å². The fourth-order valence-electron chi connectivity index (χ4n) is 2.07. The molecule has 0 aliphatic carbocycles. The number of carboxylic acid groups (broad SMARTS) is 1. The predicted octanol–water partition coefficient (Wildman–Crippen LogP) is 4.78. The third-order valence-corrected chi connectivity index (χ3v) is 4.64. The lowest BCUT2D eigenvalue weighted by atomic mass is 10.0. The summed E-state index contributed by atoms with van der Waals surface area (Å²) in [6.45, 7) is 0. The van der Waals surface area contributed by atoms with Crippen LogP contribution in [0.2, 0.25) is 5.02 Å². The van der Waals surface area contributed by atoms with Gasteiger partial charge in [-0.25, -0.2) is 4.39 Å². The van der Waals surface area contributed by atoms with Crippen LogP contribution >= 0.6 is 35.8 Å². The van der Waals surface area contributed by atoms with E-state index >= 15 is 0 Å². The molecule has 2 aromatic rings. The van der Waals surface area contributed by atoms with Crippen LogP contribution in [0.25, 0.3) is 0 Å². The minimum Gasteiger partial charge on any atom is -0.481 e. The SMILES string of the molecule is Cl.Nc1ccc(Cl)cc1C(SCCC(=O)O)c1ccccc1F. The standard InChI is InChI=1S/C16H15ClFNO2S.ClH/c17-10-5-6-14(19)12(9-10)16(22-8-7-15(20)21)11-3-1-2-4-13(11)18;/h1-6,9,16H,7-8,19H2,(H,20,21);1H. The van der Waals surface area contributed by atoms with Gasteiger partial charge in [-0.2, -0.15) is 0 Å². The van der Waals surface area contributed by atoms with Gasteiger partial charge in [0.25, 0.3) is 0 Å². The average molecular weight is 376 g/mol. The maximum absolute atomic E-state index is 14.1. The Morgan fingerprint density at radius 1 is 1.26 bits per heavy atom. The first-order chi connectivity index (χ1) is 10.5. The van der Waals surface area contributed by atoms with Crippen LogP contribution in [0, 0.1) is 5.82 Å². The van der Waals surface area contributed by atoms with Gasteiger partial charge < -0.3 is 10.8 Å². The maximum Gasteiger partial charge on any atom is 0.304 e. The lowest BCUT2D eigenvalue weighted by Crippen LogP contribution is -2.06. The van der Waals surface area contributed by atoms with E-state index in [1.165, 1.54) is 17.8 Å². The Morgan fingerprint density at radius 2 is 1.96 bits per heavy atom. The third kappa shape index (κ3) is 5.30. The molecule has 0 aromatic heterocycles. The number of benzene rings is 2. The Morgan fingerprint density at radius 3 is 2.61 bits per heavy atom. The maximum atomic E-state index is 14.1. The first-order valence-electron chi connectivity index (χ1n) is 6.62. The molecule has 0 saturated heterocycles. The number of carboxylic acids is 1. The summed E-state index contributed by atoms with van der Waals surface area (Å²) < 4.78 is 14.1. The molecule has 0 fully saturated rings. The number of nitrogen functional groups attached to an aromatic ring is 1. The number of rotatable bonds is 6. The molecular weight excluding hydrogens is 360 g/mol. The zero-order chi connectivity index (χ0) is 16.1. The van der Waals surface area contributed by atoms with Gasteiger partial charge in [-0.15, -0.1) is 24.2 Å². The Balaban J connectivity index is 0.00000264. The number of hydrogen-bond donors (Lipinski definition) is 2. The van der Waals surface area contributed by atoms with E-state index < -0.39 is 11.2 Å². The second-order valence-electron chi connectivity index (χ2n) is 4.69. The molecule has 2 aromatic carbocycles. The lowest BCUT2D eigenvalue weighted by molar-refractivity contribution is -0.136. The highest BCUT2D eigenvalue weighted by atomic mass is 35.5. The molecule has 0 amide bonds. The summed E-state index contributed by atoms with van der Waals surface area (Å²) in [7, 11) is 0. The van der Waals surface area contributed by atoms with E-state index in [9.17, 15) is 9.18 Å². The molecule has 1 atom stereocenters. The Bertz CT molecular complexity index is 685. The quantitative estimate of drug-likeness (QED) is 0.713. The minimum absolute atomic E-state index is 0. The largest absolute Gasteiger partial charge is 0.481 e. The number of nitrogens with two attached hydrogens (primary N) is 1. The molecule has 0 bridgehead atoms. The van der Waals surface area contributed by atoms with E-state index in [1.807, 2.05) is 0 Å². The van der Waals surface area contributed by atoms with Crippen LogP contribution in [-0.4, -0.2) is 16.8 Å². The smallest absolute Gasteiger partial charge is 0.304 e. The van der Waals surface area contributed by atoms with Gasteiger partial charge in [0.05, 0.1) is 11.7 Å². The molecule has 124 valence electrons. The Kier molecular flexibility index (Phi) is 7.68. The number of carbonyl (C=O) groups is 1. The van der Waals surface area contributed by atoms with Crippen LogP contribution in [-0.2, 0) is 4.79 Å². The fourth-order valence-corrected chi connectivity index (χ4v) is 3.53. The molecule has 0 saturated carbocycles. The van der Waals surface area contributed by atoms with Crippen molar-refractivity contribution >= 4 is 47.4 Å². The van der Waals surface area contributed by atoms with Crippen molar-refractivity contribution in [3.8, 4) is 0 Å². The highest BCUT2D eigenvalue weighted by Gasteiger charge is 2.21. The predicted molar refractivity (Wildman–Crippen MR) is 96.1 cm³/mol. The number of anilines is 1. The average Bonchev–Trinajstić information content (AvgIpc) is 2.47. The highest BCUT2D eigenvalue weighted by molar-refractivity contribution is 7.99. The summed E-state index contributed by atoms with van der Waals surface area (Å²) in [5.41, 5.74) is 7.65. The molecular formula is C16H16Cl2FNO2S. The molecule has 0 spiro atoms. The summed E-state index contributed by atoms with van der Waals surface area (Å²) in [6.07, 6.45) is -0.00388.